The molecule has 23 heavy (non-hydrogen) atoms. The van der Waals surface area contributed by atoms with Crippen molar-refractivity contribution in [3.8, 4) is 0 Å². The number of carbonyl (C=O) groups is 1. The van der Waals surface area contributed by atoms with Gasteiger partial charge in [0, 0.05) is 31.7 Å². The lowest BCUT2D eigenvalue weighted by Crippen LogP contribution is -2.37. The molecule has 0 atom stereocenters. The molecule has 1 amide bonds. The maximum absolute atomic E-state index is 12.8. The summed E-state index contributed by atoms with van der Waals surface area (Å²) in [4.78, 5) is 14.1. The topological polar surface area (TPSA) is 57.7 Å². The number of benzene rings is 1. The van der Waals surface area contributed by atoms with Crippen LogP contribution >= 0.6 is 0 Å². The summed E-state index contributed by atoms with van der Waals surface area (Å²) in [5.41, 5.74) is 1.82. The third-order valence-corrected chi connectivity index (χ3v) is 6.83. The molecule has 0 unspecified atom stereocenters. The quantitative estimate of drug-likeness (QED) is 0.852. The molecule has 126 valence electrons. The van der Waals surface area contributed by atoms with Crippen LogP contribution in [0.2, 0.25) is 0 Å². The molecule has 0 saturated carbocycles. The lowest BCUT2D eigenvalue weighted by Gasteiger charge is -2.29. The number of rotatable bonds is 3. The summed E-state index contributed by atoms with van der Waals surface area (Å²) in [6.07, 6.45) is 3.03. The predicted octanol–water partition coefficient (Wildman–Crippen LogP) is 2.41. The highest BCUT2D eigenvalue weighted by molar-refractivity contribution is 7.89. The van der Waals surface area contributed by atoms with Crippen molar-refractivity contribution >= 4 is 21.6 Å². The molecule has 5 nitrogen and oxygen atoms in total. The fourth-order valence-electron chi connectivity index (χ4n) is 3.36. The van der Waals surface area contributed by atoms with Crippen molar-refractivity contribution < 1.29 is 13.2 Å². The molecule has 3 rings (SSSR count). The summed E-state index contributed by atoms with van der Waals surface area (Å²) < 4.78 is 27.2. The molecule has 0 spiro atoms. The Morgan fingerprint density at radius 1 is 1.22 bits per heavy atom. The van der Waals surface area contributed by atoms with Crippen LogP contribution in [0, 0.1) is 5.92 Å². The Balaban J connectivity index is 1.86. The summed E-state index contributed by atoms with van der Waals surface area (Å²) in [7, 11) is -3.42. The first-order chi connectivity index (χ1) is 10.9. The molecule has 0 N–H and O–H groups in total. The minimum Gasteiger partial charge on any atom is -0.312 e. The third kappa shape index (κ3) is 3.02. The number of sulfonamides is 1. The van der Waals surface area contributed by atoms with E-state index in [2.05, 4.69) is 6.92 Å². The van der Waals surface area contributed by atoms with E-state index in [4.69, 9.17) is 0 Å². The van der Waals surface area contributed by atoms with E-state index in [-0.39, 0.29) is 5.91 Å². The van der Waals surface area contributed by atoms with E-state index >= 15 is 0 Å². The van der Waals surface area contributed by atoms with Gasteiger partial charge >= 0.3 is 0 Å². The van der Waals surface area contributed by atoms with Crippen LogP contribution in [0.5, 0.6) is 0 Å². The van der Waals surface area contributed by atoms with E-state index in [1.165, 1.54) is 0 Å². The van der Waals surface area contributed by atoms with Crippen LogP contribution in [0.15, 0.2) is 23.1 Å². The van der Waals surface area contributed by atoms with Crippen LogP contribution in [0.1, 0.15) is 38.7 Å². The lowest BCUT2D eigenvalue weighted by molar-refractivity contribution is -0.118. The average molecular weight is 336 g/mol. The van der Waals surface area contributed by atoms with Crippen molar-refractivity contribution in [1.82, 2.24) is 4.31 Å². The minimum absolute atomic E-state index is 0.0874. The Morgan fingerprint density at radius 3 is 2.57 bits per heavy atom. The fourth-order valence-corrected chi connectivity index (χ4v) is 4.88. The van der Waals surface area contributed by atoms with Crippen LogP contribution in [0.25, 0.3) is 0 Å². The molecule has 1 fully saturated rings. The summed E-state index contributed by atoms with van der Waals surface area (Å²) in [5.74, 6) is 0.680. The van der Waals surface area contributed by atoms with Gasteiger partial charge in [0.2, 0.25) is 15.9 Å². The molecule has 1 saturated heterocycles. The predicted molar refractivity (Wildman–Crippen MR) is 89.9 cm³/mol. The van der Waals surface area contributed by atoms with Crippen molar-refractivity contribution in [2.45, 2.75) is 44.4 Å². The van der Waals surface area contributed by atoms with Gasteiger partial charge in [-0.1, -0.05) is 13.8 Å². The van der Waals surface area contributed by atoms with Crippen molar-refractivity contribution in [2.75, 3.05) is 24.5 Å². The first-order valence-corrected chi connectivity index (χ1v) is 9.81. The third-order valence-electron chi connectivity index (χ3n) is 4.93. The number of hydrogen-bond donors (Lipinski definition) is 0. The standard InChI is InChI=1S/C17H24N2O3S/c1-3-17(20)19-11-8-14-12-15(4-5-16(14)19)23(21,22)18-9-6-13(2)7-10-18/h4-5,12-13H,3,6-11H2,1-2H3. The molecule has 6 heteroatoms. The smallest absolute Gasteiger partial charge is 0.243 e. The summed E-state index contributed by atoms with van der Waals surface area (Å²) in [5, 5.41) is 0. The Hall–Kier alpha value is -1.40. The molecule has 1 aromatic rings. The Morgan fingerprint density at radius 2 is 1.91 bits per heavy atom. The van der Waals surface area contributed by atoms with Gasteiger partial charge < -0.3 is 4.90 Å². The number of anilines is 1. The van der Waals surface area contributed by atoms with Crippen molar-refractivity contribution in [2.24, 2.45) is 5.92 Å². The van der Waals surface area contributed by atoms with E-state index in [0.29, 0.717) is 36.9 Å². The molecule has 0 aliphatic carbocycles. The first kappa shape index (κ1) is 16.5. The van der Waals surface area contributed by atoms with Crippen molar-refractivity contribution in [3.63, 3.8) is 0 Å². The maximum atomic E-state index is 12.8. The van der Waals surface area contributed by atoms with E-state index in [1.54, 1.807) is 27.4 Å². The Bertz CT molecular complexity index is 707. The van der Waals surface area contributed by atoms with E-state index in [9.17, 15) is 13.2 Å². The molecular weight excluding hydrogens is 312 g/mol. The van der Waals surface area contributed by atoms with Crippen LogP contribution < -0.4 is 4.90 Å². The molecule has 0 radical (unpaired) electrons. The van der Waals surface area contributed by atoms with Gasteiger partial charge in [-0.15, -0.1) is 0 Å². The maximum Gasteiger partial charge on any atom is 0.243 e. The van der Waals surface area contributed by atoms with Gasteiger partial charge in [-0.2, -0.15) is 4.31 Å². The fraction of sp³-hybridized carbons (Fsp3) is 0.588. The summed E-state index contributed by atoms with van der Waals surface area (Å²) in [6, 6.07) is 5.19. The molecule has 2 aliphatic rings. The number of piperidine rings is 1. The van der Waals surface area contributed by atoms with Gasteiger partial charge in [0.05, 0.1) is 4.90 Å². The zero-order chi connectivity index (χ0) is 16.6. The lowest BCUT2D eigenvalue weighted by atomic mass is 10.0. The van der Waals surface area contributed by atoms with Gasteiger partial charge in [0.25, 0.3) is 0 Å². The molecule has 0 bridgehead atoms. The summed E-state index contributed by atoms with van der Waals surface area (Å²) >= 11 is 0. The van der Waals surface area contributed by atoms with Gasteiger partial charge in [0.15, 0.2) is 0 Å². The van der Waals surface area contributed by atoms with Crippen molar-refractivity contribution in [3.05, 3.63) is 23.8 Å². The number of fused-ring (bicyclic) bond motifs is 1. The van der Waals surface area contributed by atoms with Gasteiger partial charge in [-0.25, -0.2) is 8.42 Å². The highest BCUT2D eigenvalue weighted by atomic mass is 32.2. The number of nitrogens with zero attached hydrogens (tertiary/aromatic N) is 2. The second kappa shape index (κ2) is 6.24. The highest BCUT2D eigenvalue weighted by Gasteiger charge is 2.30. The number of amides is 1. The molecule has 0 aromatic heterocycles. The Labute approximate surface area is 138 Å². The highest BCUT2D eigenvalue weighted by Crippen LogP contribution is 2.32. The van der Waals surface area contributed by atoms with Crippen LogP contribution in [0.4, 0.5) is 5.69 Å². The SMILES string of the molecule is CCC(=O)N1CCc2cc(S(=O)(=O)N3CCC(C)CC3)ccc21. The molecule has 2 aliphatic heterocycles. The van der Waals surface area contributed by atoms with E-state index < -0.39 is 10.0 Å². The zero-order valence-electron chi connectivity index (χ0n) is 13.8. The van der Waals surface area contributed by atoms with Crippen LogP contribution in [-0.2, 0) is 21.2 Å². The average Bonchev–Trinajstić information content (AvgIpc) is 2.97. The minimum atomic E-state index is -3.42. The van der Waals surface area contributed by atoms with Gasteiger partial charge in [0.1, 0.15) is 0 Å². The molecule has 1 aromatic carbocycles. The second-order valence-electron chi connectivity index (χ2n) is 6.53. The van der Waals surface area contributed by atoms with Crippen LogP contribution in [-0.4, -0.2) is 38.3 Å². The normalized spacial score (nSPS) is 19.8. The zero-order valence-corrected chi connectivity index (χ0v) is 14.6. The van der Waals surface area contributed by atoms with Gasteiger partial charge in [-0.3, -0.25) is 4.79 Å². The van der Waals surface area contributed by atoms with Crippen molar-refractivity contribution in [1.29, 1.82) is 0 Å². The summed E-state index contributed by atoms with van der Waals surface area (Å²) in [6.45, 7) is 5.85. The van der Waals surface area contributed by atoms with E-state index in [1.807, 2.05) is 6.92 Å². The molecule has 2 heterocycles. The first-order valence-electron chi connectivity index (χ1n) is 8.37. The van der Waals surface area contributed by atoms with Crippen LogP contribution in [0.3, 0.4) is 0 Å². The monoisotopic (exact) mass is 336 g/mol. The van der Waals surface area contributed by atoms with E-state index in [0.717, 1.165) is 30.5 Å². The number of carbonyl (C=O) groups excluding carboxylic acids is 1. The second-order valence-corrected chi connectivity index (χ2v) is 8.46. The van der Waals surface area contributed by atoms with Gasteiger partial charge in [-0.05, 0) is 48.9 Å². The molecular formula is C17H24N2O3S. The Kier molecular flexibility index (Phi) is 4.47. The largest absolute Gasteiger partial charge is 0.312 e. The number of hydrogen-bond acceptors (Lipinski definition) is 3.